The van der Waals surface area contributed by atoms with Gasteiger partial charge in [-0.1, -0.05) is 12.1 Å². The third-order valence-corrected chi connectivity index (χ3v) is 1.47. The Kier molecular flexibility index (Phi) is 2.12. The third kappa shape index (κ3) is 1.71. The van der Waals surface area contributed by atoms with Crippen molar-refractivity contribution < 1.29 is 4.79 Å². The fourth-order valence-corrected chi connectivity index (χ4v) is 0.710. The van der Waals surface area contributed by atoms with Crippen molar-refractivity contribution in [2.24, 2.45) is 0 Å². The van der Waals surface area contributed by atoms with Crippen LogP contribution in [-0.2, 0) is 4.79 Å². The van der Waals surface area contributed by atoms with Crippen LogP contribution in [0.25, 0.3) is 0 Å². The summed E-state index contributed by atoms with van der Waals surface area (Å²) in [7, 11) is 1.71. The maximum Gasteiger partial charge on any atom is 0.224 e. The molecule has 0 saturated heterocycles. The Morgan fingerprint density at radius 2 is 2.36 bits per heavy atom. The molecular weight excluding hydrogens is 138 g/mol. The van der Waals surface area contributed by atoms with Gasteiger partial charge in [-0.25, -0.2) is 0 Å². The molecule has 1 aromatic carbocycles. The predicted octanol–water partition coefficient (Wildman–Crippen LogP) is 1.27. The summed E-state index contributed by atoms with van der Waals surface area (Å²) in [5.41, 5.74) is 0.750. The first-order valence-electron chi connectivity index (χ1n) is 3.34. The fourth-order valence-electron chi connectivity index (χ4n) is 0.710. The molecule has 0 N–H and O–H groups in total. The molecule has 2 nitrogen and oxygen atoms in total. The first-order chi connectivity index (χ1) is 5.22. The molecule has 11 heavy (non-hydrogen) atoms. The average molecular weight is 147 g/mol. The second-order valence-corrected chi connectivity index (χ2v) is 2.26. The van der Waals surface area contributed by atoms with Crippen molar-refractivity contribution in [3.63, 3.8) is 0 Å². The lowest BCUT2D eigenvalue weighted by molar-refractivity contribution is -0.116. The summed E-state index contributed by atoms with van der Waals surface area (Å²) in [5, 5.41) is 0. The Morgan fingerprint density at radius 1 is 1.64 bits per heavy atom. The summed E-state index contributed by atoms with van der Waals surface area (Å²) in [6.07, 6.45) is 0. The molecule has 0 heterocycles. The molecule has 0 unspecified atom stereocenters. The Balaban J connectivity index is 2.85. The molecule has 0 fully saturated rings. The lowest BCUT2D eigenvalue weighted by atomic mass is 10.3. The number of carbonyl (C=O) groups is 1. The van der Waals surface area contributed by atoms with Crippen molar-refractivity contribution in [2.45, 2.75) is 6.92 Å². The molecule has 56 valence electrons. The summed E-state index contributed by atoms with van der Waals surface area (Å²) in [5.74, 6) is 0.000787. The van der Waals surface area contributed by atoms with Crippen molar-refractivity contribution >= 4 is 11.6 Å². The van der Waals surface area contributed by atoms with Gasteiger partial charge in [0.05, 0.1) is 5.69 Å². The second kappa shape index (κ2) is 3.07. The lowest BCUT2D eigenvalue weighted by Gasteiger charge is -2.11. The summed E-state index contributed by atoms with van der Waals surface area (Å²) in [4.78, 5) is 12.4. The van der Waals surface area contributed by atoms with Crippen LogP contribution in [0.2, 0.25) is 0 Å². The molecule has 0 aliphatic carbocycles. The van der Waals surface area contributed by atoms with Crippen LogP contribution in [0, 0.1) is 12.1 Å². The summed E-state index contributed by atoms with van der Waals surface area (Å²) < 4.78 is 0. The zero-order valence-electron chi connectivity index (χ0n) is 6.59. The largest absolute Gasteiger partial charge is 0.309 e. The molecule has 2 heteroatoms. The maximum atomic E-state index is 10.8. The van der Waals surface area contributed by atoms with Gasteiger partial charge in [-0.15, -0.1) is 0 Å². The van der Waals surface area contributed by atoms with E-state index in [1.807, 2.05) is 12.1 Å². The van der Waals surface area contributed by atoms with Crippen molar-refractivity contribution in [1.29, 1.82) is 0 Å². The van der Waals surface area contributed by atoms with E-state index in [9.17, 15) is 4.79 Å². The van der Waals surface area contributed by atoms with Crippen LogP contribution >= 0.6 is 0 Å². The van der Waals surface area contributed by atoms with E-state index in [0.717, 1.165) is 5.69 Å². The van der Waals surface area contributed by atoms with E-state index in [1.165, 1.54) is 11.8 Å². The van der Waals surface area contributed by atoms with Crippen molar-refractivity contribution in [3.8, 4) is 0 Å². The van der Waals surface area contributed by atoms with Crippen molar-refractivity contribution in [3.05, 3.63) is 30.3 Å². The van der Waals surface area contributed by atoms with Gasteiger partial charge in [0.15, 0.2) is 0 Å². The van der Waals surface area contributed by atoms with E-state index in [0.29, 0.717) is 0 Å². The van der Waals surface area contributed by atoms with Crippen LogP contribution in [0.5, 0.6) is 0 Å². The van der Waals surface area contributed by atoms with E-state index in [-0.39, 0.29) is 5.91 Å². The van der Waals surface area contributed by atoms with E-state index >= 15 is 0 Å². The highest BCUT2D eigenvalue weighted by Gasteiger charge is 2.02. The molecule has 0 radical (unpaired) electrons. The first-order valence-corrected chi connectivity index (χ1v) is 3.34. The Morgan fingerprint density at radius 3 is 2.82 bits per heavy atom. The Hall–Kier alpha value is -1.49. The van der Waals surface area contributed by atoms with E-state index < -0.39 is 0 Å². The monoisotopic (exact) mass is 147 g/mol. The summed E-state index contributed by atoms with van der Waals surface area (Å²) in [6, 6.07) is 11.0. The highest BCUT2D eigenvalue weighted by Crippen LogP contribution is 2.06. The second-order valence-electron chi connectivity index (χ2n) is 2.26. The number of nitrogens with zero attached hydrogens (tertiary/aromatic N) is 1. The van der Waals surface area contributed by atoms with Crippen LogP contribution in [0.1, 0.15) is 6.92 Å². The Labute approximate surface area is 66.4 Å². The van der Waals surface area contributed by atoms with Gasteiger partial charge in [0.1, 0.15) is 0 Å². The number of hydrogen-bond donors (Lipinski definition) is 0. The topological polar surface area (TPSA) is 20.3 Å². The van der Waals surface area contributed by atoms with E-state index in [2.05, 4.69) is 12.1 Å². The SMILES string of the molecule is CC(=O)N(C)c1c#cccc1. The zero-order chi connectivity index (χ0) is 8.27. The normalized spacial score (nSPS) is 8.55. The number of carbonyl (C=O) groups excluding carboxylic acids is 1. The van der Waals surface area contributed by atoms with Gasteiger partial charge in [0.2, 0.25) is 5.91 Å². The third-order valence-electron chi connectivity index (χ3n) is 1.47. The van der Waals surface area contributed by atoms with Crippen molar-refractivity contribution in [2.75, 3.05) is 11.9 Å². The predicted molar refractivity (Wildman–Crippen MR) is 43.2 cm³/mol. The minimum Gasteiger partial charge on any atom is -0.309 e. The number of rotatable bonds is 1. The molecule has 0 saturated carbocycles. The van der Waals surface area contributed by atoms with Gasteiger partial charge in [0, 0.05) is 14.0 Å². The molecular formula is C9H9NO. The van der Waals surface area contributed by atoms with Gasteiger partial charge in [-0.05, 0) is 18.2 Å². The van der Waals surface area contributed by atoms with Gasteiger partial charge in [-0.3, -0.25) is 4.79 Å². The minimum atomic E-state index is 0.000787. The summed E-state index contributed by atoms with van der Waals surface area (Å²) in [6.45, 7) is 1.51. The summed E-state index contributed by atoms with van der Waals surface area (Å²) >= 11 is 0. The van der Waals surface area contributed by atoms with Gasteiger partial charge < -0.3 is 4.90 Å². The molecule has 0 bridgehead atoms. The quantitative estimate of drug-likeness (QED) is 0.585. The standard InChI is InChI=1S/C9H9NO/c1-8(11)10(2)9-6-4-3-5-7-9/h3-4,6H,1-2H3. The van der Waals surface area contributed by atoms with Crippen LogP contribution in [0.15, 0.2) is 18.2 Å². The van der Waals surface area contributed by atoms with Crippen LogP contribution in [0.4, 0.5) is 5.69 Å². The number of anilines is 1. The van der Waals surface area contributed by atoms with Gasteiger partial charge in [-0.2, -0.15) is 0 Å². The van der Waals surface area contributed by atoms with Crippen LogP contribution < -0.4 is 4.90 Å². The zero-order valence-corrected chi connectivity index (χ0v) is 6.59. The highest BCUT2D eigenvalue weighted by atomic mass is 16.2. The Bertz CT molecular complexity index is 243. The molecule has 0 spiro atoms. The minimum absolute atomic E-state index is 0.000787. The number of hydrogen-bond acceptors (Lipinski definition) is 1. The smallest absolute Gasteiger partial charge is 0.224 e. The van der Waals surface area contributed by atoms with E-state index in [1.54, 1.807) is 13.1 Å². The van der Waals surface area contributed by atoms with Crippen LogP contribution in [0.3, 0.4) is 0 Å². The first kappa shape index (κ1) is 7.62. The highest BCUT2D eigenvalue weighted by molar-refractivity contribution is 5.90. The molecule has 1 rings (SSSR count). The lowest BCUT2D eigenvalue weighted by Crippen LogP contribution is -2.22. The molecule has 0 aliphatic rings. The van der Waals surface area contributed by atoms with E-state index in [4.69, 9.17) is 0 Å². The number of amides is 1. The van der Waals surface area contributed by atoms with Gasteiger partial charge in [0.25, 0.3) is 0 Å². The molecule has 0 aromatic heterocycles. The fraction of sp³-hybridized carbons (Fsp3) is 0.222. The molecule has 1 amide bonds. The maximum absolute atomic E-state index is 10.8. The van der Waals surface area contributed by atoms with Gasteiger partial charge >= 0.3 is 0 Å². The molecule has 0 atom stereocenters. The van der Waals surface area contributed by atoms with Crippen LogP contribution in [-0.4, -0.2) is 13.0 Å². The molecule has 0 aliphatic heterocycles. The molecule has 1 aromatic rings. The average Bonchev–Trinajstić information content (AvgIpc) is 2.05. The van der Waals surface area contributed by atoms with Crippen molar-refractivity contribution in [1.82, 2.24) is 0 Å².